The van der Waals surface area contributed by atoms with E-state index in [-0.39, 0.29) is 12.2 Å². The maximum absolute atomic E-state index is 13.3. The molecule has 1 atom stereocenters. The van der Waals surface area contributed by atoms with Gasteiger partial charge in [0.1, 0.15) is 6.33 Å². The molecule has 3 N–H and O–H groups in total. The van der Waals surface area contributed by atoms with Crippen LogP contribution in [0, 0.1) is 0 Å². The van der Waals surface area contributed by atoms with Crippen LogP contribution in [0.5, 0.6) is 0 Å². The number of benzene rings is 3. The second-order valence-electron chi connectivity index (χ2n) is 8.41. The SMILES string of the molecule is C=C(N)c1ccc(CC(=O)[C@H](Cc2ccccc2)NC(=O)/C=C/c2cc(Cl)ccc2-n2cnnn2)cc1. The van der Waals surface area contributed by atoms with Crippen molar-refractivity contribution in [1.29, 1.82) is 0 Å². The quantitative estimate of drug-likeness (QED) is 0.312. The highest BCUT2D eigenvalue weighted by atomic mass is 35.5. The molecule has 0 saturated carbocycles. The number of halogens is 1. The molecule has 1 aromatic heterocycles. The van der Waals surface area contributed by atoms with Gasteiger partial charge in [0.15, 0.2) is 5.78 Å². The Morgan fingerprint density at radius 2 is 1.81 bits per heavy atom. The monoisotopic (exact) mass is 512 g/mol. The zero-order valence-corrected chi connectivity index (χ0v) is 20.7. The maximum atomic E-state index is 13.3. The minimum atomic E-state index is -0.720. The Labute approximate surface area is 219 Å². The molecule has 0 saturated heterocycles. The van der Waals surface area contributed by atoms with Crippen LogP contribution in [0.3, 0.4) is 0 Å². The number of aromatic nitrogens is 4. The van der Waals surface area contributed by atoms with Gasteiger partial charge in [-0.2, -0.15) is 4.68 Å². The molecule has 4 rings (SSSR count). The summed E-state index contributed by atoms with van der Waals surface area (Å²) in [7, 11) is 0. The van der Waals surface area contributed by atoms with Crippen molar-refractivity contribution in [2.45, 2.75) is 18.9 Å². The molecule has 0 spiro atoms. The normalized spacial score (nSPS) is 11.8. The van der Waals surface area contributed by atoms with Gasteiger partial charge in [0.25, 0.3) is 0 Å². The molecule has 0 radical (unpaired) electrons. The Morgan fingerprint density at radius 3 is 2.49 bits per heavy atom. The van der Waals surface area contributed by atoms with Crippen LogP contribution in [0.25, 0.3) is 17.5 Å². The lowest BCUT2D eigenvalue weighted by molar-refractivity contribution is -0.125. The lowest BCUT2D eigenvalue weighted by atomic mass is 9.97. The summed E-state index contributed by atoms with van der Waals surface area (Å²) >= 11 is 6.16. The number of ketones is 1. The molecule has 0 unspecified atom stereocenters. The van der Waals surface area contributed by atoms with E-state index < -0.39 is 11.9 Å². The largest absolute Gasteiger partial charge is 0.399 e. The van der Waals surface area contributed by atoms with E-state index in [9.17, 15) is 9.59 Å². The number of nitrogens with two attached hydrogens (primary N) is 1. The molecule has 37 heavy (non-hydrogen) atoms. The summed E-state index contributed by atoms with van der Waals surface area (Å²) in [4.78, 5) is 26.2. The van der Waals surface area contributed by atoms with Crippen molar-refractivity contribution < 1.29 is 9.59 Å². The highest BCUT2D eigenvalue weighted by Crippen LogP contribution is 2.20. The Balaban J connectivity index is 1.51. The molecule has 1 heterocycles. The number of carbonyl (C=O) groups excluding carboxylic acids is 2. The third-order valence-electron chi connectivity index (χ3n) is 5.69. The Morgan fingerprint density at radius 1 is 1.05 bits per heavy atom. The fourth-order valence-electron chi connectivity index (χ4n) is 3.78. The fraction of sp³-hybridized carbons (Fsp3) is 0.107. The number of hydrogen-bond acceptors (Lipinski definition) is 6. The van der Waals surface area contributed by atoms with E-state index in [1.165, 1.54) is 17.1 Å². The van der Waals surface area contributed by atoms with Gasteiger partial charge in [0.2, 0.25) is 5.91 Å². The summed E-state index contributed by atoms with van der Waals surface area (Å²) in [6, 6.07) is 21.3. The van der Waals surface area contributed by atoms with Gasteiger partial charge >= 0.3 is 0 Å². The van der Waals surface area contributed by atoms with Gasteiger partial charge in [-0.25, -0.2) is 0 Å². The molecule has 0 fully saturated rings. The maximum Gasteiger partial charge on any atom is 0.244 e. The molecular formula is C28H25ClN6O2. The second-order valence-corrected chi connectivity index (χ2v) is 8.84. The standard InChI is InChI=1S/C28H25ClN6O2/c1-19(30)22-9-7-21(8-10-22)16-27(36)25(15-20-5-3-2-4-6-20)32-28(37)14-11-23-17-24(29)12-13-26(23)35-18-31-33-34-35/h2-14,17-18,25H,1,15-16,30H2,(H,32,37)/b14-11+/t25-/m0/s1. The van der Waals surface area contributed by atoms with Crippen LogP contribution >= 0.6 is 11.6 Å². The van der Waals surface area contributed by atoms with Crippen molar-refractivity contribution >= 4 is 35.1 Å². The molecule has 4 aromatic rings. The Bertz CT molecular complexity index is 1420. The first-order valence-electron chi connectivity index (χ1n) is 11.5. The zero-order chi connectivity index (χ0) is 26.2. The molecule has 0 aliphatic rings. The molecule has 1 amide bonds. The summed E-state index contributed by atoms with van der Waals surface area (Å²) < 4.78 is 1.47. The zero-order valence-electron chi connectivity index (χ0n) is 19.9. The predicted octanol–water partition coefficient (Wildman–Crippen LogP) is 3.80. The van der Waals surface area contributed by atoms with Crippen LogP contribution in [0.1, 0.15) is 22.3 Å². The molecule has 186 valence electrons. The van der Waals surface area contributed by atoms with E-state index in [1.807, 2.05) is 54.6 Å². The lowest BCUT2D eigenvalue weighted by Gasteiger charge is -2.17. The minimum Gasteiger partial charge on any atom is -0.399 e. The van der Waals surface area contributed by atoms with Crippen molar-refractivity contribution in [1.82, 2.24) is 25.5 Å². The number of carbonyl (C=O) groups is 2. The Kier molecular flexibility index (Phi) is 8.22. The van der Waals surface area contributed by atoms with E-state index >= 15 is 0 Å². The summed E-state index contributed by atoms with van der Waals surface area (Å²) in [5, 5.41) is 14.6. The van der Waals surface area contributed by atoms with E-state index in [0.717, 1.165) is 16.7 Å². The van der Waals surface area contributed by atoms with Crippen LogP contribution in [0.2, 0.25) is 5.02 Å². The first-order valence-corrected chi connectivity index (χ1v) is 11.9. The number of amides is 1. The van der Waals surface area contributed by atoms with Crippen LogP contribution in [-0.2, 0) is 22.4 Å². The second kappa shape index (κ2) is 11.9. The average molecular weight is 513 g/mol. The van der Waals surface area contributed by atoms with Crippen molar-refractivity contribution in [2.24, 2.45) is 5.73 Å². The molecule has 3 aromatic carbocycles. The summed E-state index contributed by atoms with van der Waals surface area (Å²) in [6.45, 7) is 3.73. The number of Topliss-reactive ketones (excluding diaryl/α,β-unsaturated/α-hetero) is 1. The smallest absolute Gasteiger partial charge is 0.244 e. The average Bonchev–Trinajstić information content (AvgIpc) is 3.43. The summed E-state index contributed by atoms with van der Waals surface area (Å²) in [6.07, 6.45) is 4.96. The van der Waals surface area contributed by atoms with Gasteiger partial charge in [0, 0.05) is 28.8 Å². The van der Waals surface area contributed by atoms with Crippen molar-refractivity contribution in [3.8, 4) is 5.69 Å². The van der Waals surface area contributed by atoms with Gasteiger partial charge in [-0.1, -0.05) is 72.8 Å². The molecule has 0 aliphatic carbocycles. The molecule has 8 nitrogen and oxygen atoms in total. The van der Waals surface area contributed by atoms with Crippen LogP contribution < -0.4 is 11.1 Å². The van der Waals surface area contributed by atoms with E-state index in [2.05, 4.69) is 27.4 Å². The number of nitrogens with zero attached hydrogens (tertiary/aromatic N) is 4. The van der Waals surface area contributed by atoms with Crippen molar-refractivity contribution in [3.63, 3.8) is 0 Å². The molecule has 0 aliphatic heterocycles. The number of nitrogens with one attached hydrogen (secondary N) is 1. The van der Waals surface area contributed by atoms with E-state index in [0.29, 0.717) is 28.4 Å². The van der Waals surface area contributed by atoms with Gasteiger partial charge in [0.05, 0.1) is 11.7 Å². The minimum absolute atomic E-state index is 0.109. The number of hydrogen-bond donors (Lipinski definition) is 2. The molecule has 9 heteroatoms. The summed E-state index contributed by atoms with van der Waals surface area (Å²) in [5.41, 5.74) is 10.1. The van der Waals surface area contributed by atoms with E-state index in [1.54, 1.807) is 24.3 Å². The van der Waals surface area contributed by atoms with Crippen molar-refractivity contribution in [2.75, 3.05) is 0 Å². The van der Waals surface area contributed by atoms with Crippen LogP contribution in [0.15, 0.2) is 91.8 Å². The first-order chi connectivity index (χ1) is 17.9. The van der Waals surface area contributed by atoms with Crippen LogP contribution in [0.4, 0.5) is 0 Å². The number of tetrazole rings is 1. The lowest BCUT2D eigenvalue weighted by Crippen LogP contribution is -2.42. The highest BCUT2D eigenvalue weighted by Gasteiger charge is 2.21. The molecular weight excluding hydrogens is 488 g/mol. The van der Waals surface area contributed by atoms with Gasteiger partial charge in [-0.05, 0) is 57.8 Å². The van der Waals surface area contributed by atoms with E-state index in [4.69, 9.17) is 17.3 Å². The van der Waals surface area contributed by atoms with Crippen molar-refractivity contribution in [3.05, 3.63) is 119 Å². The highest BCUT2D eigenvalue weighted by molar-refractivity contribution is 6.30. The predicted molar refractivity (Wildman–Crippen MR) is 144 cm³/mol. The third kappa shape index (κ3) is 6.99. The van der Waals surface area contributed by atoms with Gasteiger partial charge < -0.3 is 11.1 Å². The topological polar surface area (TPSA) is 116 Å². The fourth-order valence-corrected chi connectivity index (χ4v) is 3.96. The third-order valence-corrected chi connectivity index (χ3v) is 5.93. The molecule has 0 bridgehead atoms. The Hall–Kier alpha value is -4.56. The van der Waals surface area contributed by atoms with Crippen LogP contribution in [-0.4, -0.2) is 37.9 Å². The first kappa shape index (κ1) is 25.5. The summed E-state index contributed by atoms with van der Waals surface area (Å²) in [5.74, 6) is -0.520. The van der Waals surface area contributed by atoms with Gasteiger partial charge in [-0.15, -0.1) is 5.10 Å². The van der Waals surface area contributed by atoms with Gasteiger partial charge in [-0.3, -0.25) is 9.59 Å². The number of rotatable bonds is 10.